The first-order chi connectivity index (χ1) is 11.7. The lowest BCUT2D eigenvalue weighted by molar-refractivity contribution is -0.128. The second-order valence-corrected chi connectivity index (χ2v) is 8.74. The first kappa shape index (κ1) is 14.7. The minimum absolute atomic E-state index is 0.00205. The molecule has 4 bridgehead atoms. The summed E-state index contributed by atoms with van der Waals surface area (Å²) in [4.78, 5) is 17.4. The molecule has 0 aliphatic heterocycles. The average molecular weight is 339 g/mol. The van der Waals surface area contributed by atoms with Crippen molar-refractivity contribution in [2.45, 2.75) is 37.3 Å². The van der Waals surface area contributed by atoms with Gasteiger partial charge in [-0.2, -0.15) is 0 Å². The molecule has 4 nitrogen and oxygen atoms in total. The van der Waals surface area contributed by atoms with Gasteiger partial charge in [0.05, 0.1) is 5.75 Å². The monoisotopic (exact) mass is 339 g/mol. The van der Waals surface area contributed by atoms with E-state index in [9.17, 15) is 4.79 Å². The summed E-state index contributed by atoms with van der Waals surface area (Å²) in [7, 11) is 0. The lowest BCUT2D eigenvalue weighted by Crippen LogP contribution is -2.36. The van der Waals surface area contributed by atoms with Crippen LogP contribution in [0.2, 0.25) is 0 Å². The second kappa shape index (κ2) is 5.45. The van der Waals surface area contributed by atoms with E-state index in [1.54, 1.807) is 0 Å². The van der Waals surface area contributed by atoms with Gasteiger partial charge in [0.2, 0.25) is 5.16 Å². The Kier molecular flexibility index (Phi) is 3.34. The number of nitrogens with zero attached hydrogens (tertiary/aromatic N) is 2. The zero-order valence-corrected chi connectivity index (χ0v) is 14.4. The van der Waals surface area contributed by atoms with Crippen molar-refractivity contribution in [3.05, 3.63) is 30.3 Å². The number of carbonyl (C=O) groups excluding carboxylic acids is 1. The summed E-state index contributed by atoms with van der Waals surface area (Å²) >= 11 is 1.48. The molecule has 2 unspecified atom stereocenters. The Hall–Kier alpha value is -1.62. The second-order valence-electron chi connectivity index (χ2n) is 7.79. The third kappa shape index (κ3) is 2.32. The van der Waals surface area contributed by atoms with Crippen LogP contribution in [-0.4, -0.2) is 26.7 Å². The molecule has 1 aromatic carbocycles. The molecule has 0 radical (unpaired) electrons. The number of rotatable bonds is 5. The van der Waals surface area contributed by atoms with Crippen molar-refractivity contribution in [1.82, 2.24) is 15.2 Å². The van der Waals surface area contributed by atoms with Crippen LogP contribution in [0.25, 0.3) is 11.4 Å². The molecular weight excluding hydrogens is 318 g/mol. The Morgan fingerprint density at radius 2 is 1.92 bits per heavy atom. The number of thioether (sulfide) groups is 1. The van der Waals surface area contributed by atoms with Crippen molar-refractivity contribution in [2.75, 3.05) is 5.75 Å². The number of hydrogen-bond donors (Lipinski definition) is 1. The van der Waals surface area contributed by atoms with Gasteiger partial charge in [-0.05, 0) is 49.9 Å². The summed E-state index contributed by atoms with van der Waals surface area (Å²) in [6.45, 7) is 0. The molecule has 1 aromatic heterocycles. The molecule has 5 heteroatoms. The fourth-order valence-corrected chi connectivity index (χ4v) is 6.30. The maximum absolute atomic E-state index is 12.9. The van der Waals surface area contributed by atoms with Crippen LogP contribution in [0.4, 0.5) is 0 Å². The summed E-state index contributed by atoms with van der Waals surface area (Å²) in [5.74, 6) is 4.22. The van der Waals surface area contributed by atoms with Crippen LogP contribution in [0.3, 0.4) is 0 Å². The maximum Gasteiger partial charge on any atom is 0.209 e. The largest absolute Gasteiger partial charge is 0.298 e. The van der Waals surface area contributed by atoms with Crippen molar-refractivity contribution in [2.24, 2.45) is 23.2 Å². The van der Waals surface area contributed by atoms with Crippen LogP contribution in [-0.2, 0) is 4.79 Å². The van der Waals surface area contributed by atoms with Gasteiger partial charge in [-0.1, -0.05) is 42.1 Å². The standard InChI is InChI=1S/C19H21N3OS/c23-16(19-8-12-6-14(9-19)15(7-12)10-19)11-24-18-20-17(21-22-18)13-4-2-1-3-5-13/h1-5,12,14-15H,6-11H2,(H,20,21,22). The molecule has 2 aromatic rings. The van der Waals surface area contributed by atoms with Crippen LogP contribution in [0.15, 0.2) is 35.5 Å². The molecule has 124 valence electrons. The number of hydrogen-bond acceptors (Lipinski definition) is 4. The highest BCUT2D eigenvalue weighted by Crippen LogP contribution is 2.64. The van der Waals surface area contributed by atoms with Gasteiger partial charge in [0.25, 0.3) is 0 Å². The predicted molar refractivity (Wildman–Crippen MR) is 93.5 cm³/mol. The molecular formula is C19H21N3OS. The van der Waals surface area contributed by atoms with Crippen LogP contribution >= 0.6 is 11.8 Å². The summed E-state index contributed by atoms with van der Waals surface area (Å²) in [6, 6.07) is 9.96. The summed E-state index contributed by atoms with van der Waals surface area (Å²) in [5.41, 5.74) is 1.02. The molecule has 4 fully saturated rings. The maximum atomic E-state index is 12.9. The Bertz CT molecular complexity index is 752. The Balaban J connectivity index is 1.25. The molecule has 0 amide bonds. The number of benzene rings is 1. The molecule has 0 saturated heterocycles. The molecule has 1 heterocycles. The molecule has 24 heavy (non-hydrogen) atoms. The van der Waals surface area contributed by atoms with Gasteiger partial charge in [0, 0.05) is 11.0 Å². The van der Waals surface area contributed by atoms with Crippen LogP contribution in [0.1, 0.15) is 32.1 Å². The van der Waals surface area contributed by atoms with Gasteiger partial charge in [-0.3, -0.25) is 9.89 Å². The van der Waals surface area contributed by atoms with Gasteiger partial charge in [0.1, 0.15) is 5.78 Å². The fourth-order valence-electron chi connectivity index (χ4n) is 5.47. The highest BCUT2D eigenvalue weighted by atomic mass is 32.2. The molecule has 4 saturated carbocycles. The van der Waals surface area contributed by atoms with E-state index in [0.717, 1.165) is 48.4 Å². The third-order valence-corrected chi connectivity index (χ3v) is 7.21. The predicted octanol–water partition coefficient (Wildman–Crippen LogP) is 3.96. The van der Waals surface area contributed by atoms with Crippen molar-refractivity contribution in [3.63, 3.8) is 0 Å². The van der Waals surface area contributed by atoms with E-state index >= 15 is 0 Å². The Morgan fingerprint density at radius 3 is 2.62 bits per heavy atom. The number of H-pyrrole nitrogens is 1. The van der Waals surface area contributed by atoms with Crippen LogP contribution in [0.5, 0.6) is 0 Å². The smallest absolute Gasteiger partial charge is 0.209 e. The third-order valence-electron chi connectivity index (χ3n) is 6.36. The Morgan fingerprint density at radius 1 is 1.17 bits per heavy atom. The normalized spacial score (nSPS) is 33.2. The van der Waals surface area contributed by atoms with Crippen molar-refractivity contribution in [1.29, 1.82) is 0 Å². The number of nitrogens with one attached hydrogen (secondary N) is 1. The topological polar surface area (TPSA) is 58.6 Å². The summed E-state index contributed by atoms with van der Waals surface area (Å²) in [6.07, 6.45) is 6.21. The SMILES string of the molecule is O=C(CSc1n[nH]c(-c2ccccc2)n1)C12CC3CC(C1)C(C3)C2. The van der Waals surface area contributed by atoms with Gasteiger partial charge in [-0.25, -0.2) is 4.98 Å². The molecule has 4 aliphatic rings. The van der Waals surface area contributed by atoms with Gasteiger partial charge < -0.3 is 0 Å². The minimum atomic E-state index is 0.00205. The van der Waals surface area contributed by atoms with E-state index in [4.69, 9.17) is 0 Å². The minimum Gasteiger partial charge on any atom is -0.298 e. The number of aromatic amines is 1. The summed E-state index contributed by atoms with van der Waals surface area (Å²) < 4.78 is 0. The van der Waals surface area contributed by atoms with E-state index in [1.807, 2.05) is 30.3 Å². The number of carbonyl (C=O) groups is 1. The quantitative estimate of drug-likeness (QED) is 0.838. The molecule has 4 aliphatic carbocycles. The average Bonchev–Trinajstić information content (AvgIpc) is 3.25. The lowest BCUT2D eigenvalue weighted by atomic mass is 9.67. The Labute approximate surface area is 145 Å². The van der Waals surface area contributed by atoms with E-state index in [0.29, 0.717) is 16.7 Å². The summed E-state index contributed by atoms with van der Waals surface area (Å²) in [5, 5.41) is 7.92. The fraction of sp³-hybridized carbons (Fsp3) is 0.526. The van der Waals surface area contributed by atoms with Gasteiger partial charge in [0.15, 0.2) is 5.82 Å². The van der Waals surface area contributed by atoms with E-state index < -0.39 is 0 Å². The van der Waals surface area contributed by atoms with Crippen LogP contribution < -0.4 is 0 Å². The number of aromatic nitrogens is 3. The van der Waals surface area contributed by atoms with Crippen molar-refractivity contribution < 1.29 is 4.79 Å². The molecule has 6 rings (SSSR count). The number of ketones is 1. The highest BCUT2D eigenvalue weighted by molar-refractivity contribution is 7.99. The number of Topliss-reactive ketones (excluding diaryl/α,β-unsaturated/α-hetero) is 1. The van der Waals surface area contributed by atoms with Gasteiger partial charge in [-0.15, -0.1) is 5.10 Å². The van der Waals surface area contributed by atoms with E-state index in [1.165, 1.54) is 24.6 Å². The zero-order chi connectivity index (χ0) is 16.1. The van der Waals surface area contributed by atoms with E-state index in [-0.39, 0.29) is 5.41 Å². The first-order valence-electron chi connectivity index (χ1n) is 8.86. The first-order valence-corrected chi connectivity index (χ1v) is 9.84. The van der Waals surface area contributed by atoms with Gasteiger partial charge >= 0.3 is 0 Å². The van der Waals surface area contributed by atoms with Crippen LogP contribution in [0, 0.1) is 23.2 Å². The van der Waals surface area contributed by atoms with E-state index in [2.05, 4.69) is 15.2 Å². The van der Waals surface area contributed by atoms with Crippen molar-refractivity contribution in [3.8, 4) is 11.4 Å². The molecule has 1 N–H and O–H groups in total. The molecule has 2 atom stereocenters. The lowest BCUT2D eigenvalue weighted by Gasteiger charge is -2.36. The van der Waals surface area contributed by atoms with Crippen molar-refractivity contribution >= 4 is 17.5 Å². The zero-order valence-electron chi connectivity index (χ0n) is 13.6. The highest BCUT2D eigenvalue weighted by Gasteiger charge is 2.58. The molecule has 0 spiro atoms.